The highest BCUT2D eigenvalue weighted by Crippen LogP contribution is 2.32. The number of carbonyl (C=O) groups is 1. The monoisotopic (exact) mass is 412 g/mol. The molecule has 152 valence electrons. The van der Waals surface area contributed by atoms with E-state index in [1.807, 2.05) is 0 Å². The van der Waals surface area contributed by atoms with Crippen LogP contribution in [0.2, 0.25) is 0 Å². The molecule has 0 unspecified atom stereocenters. The second kappa shape index (κ2) is 8.25. The Morgan fingerprint density at radius 3 is 2.41 bits per heavy atom. The average molecular weight is 412 g/mol. The molecule has 0 saturated heterocycles. The summed E-state index contributed by atoms with van der Waals surface area (Å²) in [4.78, 5) is 12.2. The summed E-state index contributed by atoms with van der Waals surface area (Å²) in [5, 5.41) is 8.88. The van der Waals surface area contributed by atoms with Gasteiger partial charge in [-0.3, -0.25) is 4.79 Å². The van der Waals surface area contributed by atoms with Crippen molar-refractivity contribution in [2.75, 3.05) is 13.2 Å². The van der Waals surface area contributed by atoms with Gasteiger partial charge in [-0.05, 0) is 30.3 Å². The number of halogens is 5. The maximum absolute atomic E-state index is 13.5. The van der Waals surface area contributed by atoms with Crippen molar-refractivity contribution in [3.63, 3.8) is 0 Å². The number of aromatic nitrogens is 3. The molecule has 1 aromatic heterocycles. The van der Waals surface area contributed by atoms with Gasteiger partial charge < -0.3 is 10.1 Å². The smallest absolute Gasteiger partial charge is 0.435 e. The van der Waals surface area contributed by atoms with Gasteiger partial charge in [0.25, 0.3) is 5.91 Å². The van der Waals surface area contributed by atoms with Crippen molar-refractivity contribution in [3.8, 4) is 11.4 Å². The van der Waals surface area contributed by atoms with Gasteiger partial charge in [0.2, 0.25) is 0 Å². The van der Waals surface area contributed by atoms with Crippen molar-refractivity contribution < 1.29 is 31.5 Å². The first-order valence-corrected chi connectivity index (χ1v) is 8.21. The summed E-state index contributed by atoms with van der Waals surface area (Å²) >= 11 is 0. The van der Waals surface area contributed by atoms with Crippen LogP contribution in [-0.4, -0.2) is 34.1 Å². The summed E-state index contributed by atoms with van der Waals surface area (Å²) in [6, 6.07) is 9.53. The van der Waals surface area contributed by atoms with E-state index in [2.05, 4.69) is 15.6 Å². The molecule has 0 fully saturated rings. The normalized spacial score (nSPS) is 11.3. The molecule has 0 radical (unpaired) electrons. The molecule has 0 atom stereocenters. The number of alkyl halides is 3. The first kappa shape index (κ1) is 20.2. The first-order chi connectivity index (χ1) is 13.8. The maximum atomic E-state index is 13.5. The minimum Gasteiger partial charge on any atom is -0.492 e. The van der Waals surface area contributed by atoms with Crippen LogP contribution in [0.4, 0.5) is 22.0 Å². The highest BCUT2D eigenvalue weighted by molar-refractivity contribution is 5.93. The number of nitrogens with one attached hydrogen (secondary N) is 1. The van der Waals surface area contributed by atoms with Crippen LogP contribution in [0.1, 0.15) is 16.2 Å². The Labute approximate surface area is 160 Å². The minimum atomic E-state index is -4.97. The Kier molecular flexibility index (Phi) is 5.76. The molecule has 6 nitrogen and oxygen atoms in total. The summed E-state index contributed by atoms with van der Waals surface area (Å²) in [5.41, 5.74) is -2.64. The molecule has 0 bridgehead atoms. The zero-order valence-corrected chi connectivity index (χ0v) is 14.6. The number of hydrogen-bond donors (Lipinski definition) is 1. The third kappa shape index (κ3) is 4.86. The molecule has 1 heterocycles. The molecule has 29 heavy (non-hydrogen) atoms. The number of benzene rings is 2. The van der Waals surface area contributed by atoms with Gasteiger partial charge in [-0.2, -0.15) is 13.2 Å². The van der Waals surface area contributed by atoms with E-state index >= 15 is 0 Å². The predicted octanol–water partition coefficient (Wildman–Crippen LogP) is 3.37. The summed E-state index contributed by atoms with van der Waals surface area (Å²) in [6.45, 7) is -0.284. The highest BCUT2D eigenvalue weighted by Gasteiger charge is 2.42. The van der Waals surface area contributed by atoms with E-state index in [1.165, 1.54) is 30.3 Å². The molecule has 0 saturated carbocycles. The molecule has 11 heteroatoms. The quantitative estimate of drug-likeness (QED) is 0.498. The number of carbonyl (C=O) groups excluding carboxylic acids is 1. The fraction of sp³-hybridized carbons (Fsp3) is 0.167. The van der Waals surface area contributed by atoms with Gasteiger partial charge in [0.1, 0.15) is 24.0 Å². The van der Waals surface area contributed by atoms with E-state index in [0.29, 0.717) is 4.68 Å². The third-order valence-corrected chi connectivity index (χ3v) is 3.66. The highest BCUT2D eigenvalue weighted by atomic mass is 19.4. The van der Waals surface area contributed by atoms with Gasteiger partial charge in [0, 0.05) is 6.07 Å². The summed E-state index contributed by atoms with van der Waals surface area (Å²) in [6.07, 6.45) is -4.97. The lowest BCUT2D eigenvalue weighted by Gasteiger charge is -2.11. The maximum Gasteiger partial charge on any atom is 0.435 e. The second-order valence-electron chi connectivity index (χ2n) is 5.74. The van der Waals surface area contributed by atoms with E-state index in [1.54, 1.807) is 0 Å². The zero-order valence-electron chi connectivity index (χ0n) is 14.6. The third-order valence-electron chi connectivity index (χ3n) is 3.66. The van der Waals surface area contributed by atoms with Crippen LogP contribution < -0.4 is 10.1 Å². The molecule has 1 N–H and O–H groups in total. The fourth-order valence-corrected chi connectivity index (χ4v) is 2.45. The molecule has 0 spiro atoms. The molecule has 0 aliphatic rings. The van der Waals surface area contributed by atoms with E-state index in [4.69, 9.17) is 4.74 Å². The van der Waals surface area contributed by atoms with Crippen molar-refractivity contribution in [2.24, 2.45) is 0 Å². The minimum absolute atomic E-state index is 0.116. The van der Waals surface area contributed by atoms with Gasteiger partial charge in [0.05, 0.1) is 12.2 Å². The van der Waals surface area contributed by atoms with Crippen LogP contribution in [0.25, 0.3) is 5.69 Å². The number of hydrogen-bond acceptors (Lipinski definition) is 4. The van der Waals surface area contributed by atoms with E-state index in [0.717, 1.165) is 18.2 Å². The number of rotatable bonds is 6. The molecule has 3 aromatic rings. The van der Waals surface area contributed by atoms with E-state index in [9.17, 15) is 26.7 Å². The zero-order chi connectivity index (χ0) is 21.0. The molecule has 1 amide bonds. The Hall–Kier alpha value is -3.50. The standard InChI is InChI=1S/C18H13F5N4O2/c19-11-3-1-5-13(9-11)27-16(18(21,22)23)15(25-26-27)17(28)24-7-8-29-14-6-2-4-12(20)10-14/h1-6,9-10H,7-8H2,(H,24,28). The van der Waals surface area contributed by atoms with E-state index in [-0.39, 0.29) is 24.6 Å². The molecule has 3 rings (SSSR count). The molecule has 2 aromatic carbocycles. The van der Waals surface area contributed by atoms with Gasteiger partial charge in [-0.15, -0.1) is 5.10 Å². The largest absolute Gasteiger partial charge is 0.492 e. The fourth-order valence-electron chi connectivity index (χ4n) is 2.45. The Bertz CT molecular complexity index is 1020. The predicted molar refractivity (Wildman–Crippen MR) is 90.5 cm³/mol. The molecular formula is C18H13F5N4O2. The number of nitrogens with zero attached hydrogens (tertiary/aromatic N) is 3. The Balaban J connectivity index is 1.73. The lowest BCUT2D eigenvalue weighted by molar-refractivity contribution is -0.143. The second-order valence-corrected chi connectivity index (χ2v) is 5.74. The van der Waals surface area contributed by atoms with Crippen LogP contribution in [0.3, 0.4) is 0 Å². The lowest BCUT2D eigenvalue weighted by atomic mass is 10.2. The topological polar surface area (TPSA) is 69.0 Å². The Morgan fingerprint density at radius 1 is 1.07 bits per heavy atom. The molecular weight excluding hydrogens is 399 g/mol. The van der Waals surface area contributed by atoms with Gasteiger partial charge in [-0.25, -0.2) is 13.5 Å². The van der Waals surface area contributed by atoms with Crippen LogP contribution in [0.5, 0.6) is 5.75 Å². The summed E-state index contributed by atoms with van der Waals surface area (Å²) in [5.74, 6) is -2.22. The number of amides is 1. The van der Waals surface area contributed by atoms with Gasteiger partial charge in [-0.1, -0.05) is 17.3 Å². The average Bonchev–Trinajstić information content (AvgIpc) is 3.11. The van der Waals surface area contributed by atoms with Crippen molar-refractivity contribution in [2.45, 2.75) is 6.18 Å². The molecule has 0 aliphatic heterocycles. The van der Waals surface area contributed by atoms with E-state index < -0.39 is 35.1 Å². The SMILES string of the molecule is O=C(NCCOc1cccc(F)c1)c1nnn(-c2cccc(F)c2)c1C(F)(F)F. The van der Waals surface area contributed by atoms with Gasteiger partial charge in [0.15, 0.2) is 11.4 Å². The molecule has 0 aliphatic carbocycles. The summed E-state index contributed by atoms with van der Waals surface area (Å²) < 4.78 is 72.5. The first-order valence-electron chi connectivity index (χ1n) is 8.21. The van der Waals surface area contributed by atoms with Crippen molar-refractivity contribution >= 4 is 5.91 Å². The van der Waals surface area contributed by atoms with Crippen molar-refractivity contribution in [3.05, 3.63) is 71.6 Å². The summed E-state index contributed by atoms with van der Waals surface area (Å²) in [7, 11) is 0. The van der Waals surface area contributed by atoms with Crippen molar-refractivity contribution in [1.29, 1.82) is 0 Å². The van der Waals surface area contributed by atoms with Crippen LogP contribution >= 0.6 is 0 Å². The van der Waals surface area contributed by atoms with Crippen LogP contribution in [0, 0.1) is 11.6 Å². The van der Waals surface area contributed by atoms with Crippen LogP contribution in [-0.2, 0) is 6.18 Å². The lowest BCUT2D eigenvalue weighted by Crippen LogP contribution is -2.30. The Morgan fingerprint density at radius 2 is 1.76 bits per heavy atom. The van der Waals surface area contributed by atoms with Gasteiger partial charge >= 0.3 is 6.18 Å². The van der Waals surface area contributed by atoms with Crippen molar-refractivity contribution in [1.82, 2.24) is 20.3 Å². The van der Waals surface area contributed by atoms with Crippen LogP contribution in [0.15, 0.2) is 48.5 Å². The number of ether oxygens (including phenoxy) is 1.